The third kappa shape index (κ3) is 3.60. The summed E-state index contributed by atoms with van der Waals surface area (Å²) in [5.74, 6) is 0. The summed E-state index contributed by atoms with van der Waals surface area (Å²) in [7, 11) is 0. The first-order valence-electron chi connectivity index (χ1n) is 6.96. The van der Waals surface area contributed by atoms with Crippen LogP contribution in [0.1, 0.15) is 35.2 Å². The highest BCUT2D eigenvalue weighted by molar-refractivity contribution is 5.56. The van der Waals surface area contributed by atoms with Gasteiger partial charge in [-0.05, 0) is 44.9 Å². The fraction of sp³-hybridized carbons (Fsp3) is 0.294. The molecule has 0 aliphatic carbocycles. The van der Waals surface area contributed by atoms with Crippen LogP contribution in [0.15, 0.2) is 36.4 Å². The van der Waals surface area contributed by atoms with Crippen LogP contribution in [0.25, 0.3) is 0 Å². The van der Waals surface area contributed by atoms with E-state index in [-0.39, 0.29) is 16.7 Å². The molecule has 0 aliphatic heterocycles. The third-order valence-corrected chi connectivity index (χ3v) is 3.54. The molecule has 0 amide bonds. The second kappa shape index (κ2) is 5.95. The van der Waals surface area contributed by atoms with E-state index in [0.717, 1.165) is 11.3 Å². The largest absolute Gasteiger partial charge is 0.378 e. The molecular weight excluding hydrogens is 264 g/mol. The lowest BCUT2D eigenvalue weighted by Gasteiger charge is -2.18. The molecule has 4 heteroatoms. The van der Waals surface area contributed by atoms with Crippen LogP contribution in [-0.4, -0.2) is 4.92 Å². The summed E-state index contributed by atoms with van der Waals surface area (Å²) >= 11 is 0. The van der Waals surface area contributed by atoms with E-state index in [0.29, 0.717) is 0 Å². The van der Waals surface area contributed by atoms with Gasteiger partial charge in [0.1, 0.15) is 0 Å². The lowest BCUT2D eigenvalue weighted by molar-refractivity contribution is -0.384. The number of hydrogen-bond donors (Lipinski definition) is 1. The lowest BCUT2D eigenvalue weighted by Crippen LogP contribution is -2.08. The first-order chi connectivity index (χ1) is 9.86. The summed E-state index contributed by atoms with van der Waals surface area (Å²) in [4.78, 5) is 10.4. The topological polar surface area (TPSA) is 55.2 Å². The predicted molar refractivity (Wildman–Crippen MR) is 85.8 cm³/mol. The average molecular weight is 284 g/mol. The summed E-state index contributed by atoms with van der Waals surface area (Å²) in [5.41, 5.74) is 5.60. The van der Waals surface area contributed by atoms with Crippen LogP contribution in [0, 0.1) is 30.9 Å². The molecule has 0 heterocycles. The van der Waals surface area contributed by atoms with Gasteiger partial charge < -0.3 is 5.32 Å². The standard InChI is InChI=1S/C17H20N2O2/c1-11-7-12(2)9-15(8-11)14(4)18-17-6-5-16(19(20)21)10-13(17)3/h5-10,14,18H,1-4H3. The Bertz CT molecular complexity index is 660. The van der Waals surface area contributed by atoms with Gasteiger partial charge in [-0.25, -0.2) is 0 Å². The van der Waals surface area contributed by atoms with Gasteiger partial charge in [-0.2, -0.15) is 0 Å². The fourth-order valence-electron chi connectivity index (χ4n) is 2.50. The Morgan fingerprint density at radius 3 is 2.19 bits per heavy atom. The number of nitro groups is 1. The number of non-ortho nitro benzene ring substituents is 1. The van der Waals surface area contributed by atoms with E-state index in [2.05, 4.69) is 44.3 Å². The van der Waals surface area contributed by atoms with E-state index >= 15 is 0 Å². The monoisotopic (exact) mass is 284 g/mol. The Kier molecular flexibility index (Phi) is 4.26. The Labute approximate surface area is 125 Å². The molecule has 1 atom stereocenters. The van der Waals surface area contributed by atoms with E-state index in [4.69, 9.17) is 0 Å². The molecule has 0 aliphatic rings. The smallest absolute Gasteiger partial charge is 0.269 e. The molecule has 110 valence electrons. The Hall–Kier alpha value is -2.36. The first-order valence-corrected chi connectivity index (χ1v) is 6.96. The van der Waals surface area contributed by atoms with Gasteiger partial charge in [0, 0.05) is 23.9 Å². The maximum atomic E-state index is 10.8. The van der Waals surface area contributed by atoms with Gasteiger partial charge in [0.2, 0.25) is 0 Å². The van der Waals surface area contributed by atoms with Crippen LogP contribution in [0.3, 0.4) is 0 Å². The number of benzene rings is 2. The van der Waals surface area contributed by atoms with Crippen molar-refractivity contribution in [3.05, 3.63) is 68.8 Å². The van der Waals surface area contributed by atoms with Crippen molar-refractivity contribution >= 4 is 11.4 Å². The molecule has 2 aromatic carbocycles. The van der Waals surface area contributed by atoms with Gasteiger partial charge in [0.05, 0.1) is 4.92 Å². The van der Waals surface area contributed by atoms with Crippen LogP contribution in [-0.2, 0) is 0 Å². The molecular formula is C17H20N2O2. The van der Waals surface area contributed by atoms with Crippen LogP contribution in [0.4, 0.5) is 11.4 Å². The second-order valence-corrected chi connectivity index (χ2v) is 5.54. The minimum atomic E-state index is -0.371. The van der Waals surface area contributed by atoms with Gasteiger partial charge in [-0.15, -0.1) is 0 Å². The number of nitrogens with one attached hydrogen (secondary N) is 1. The zero-order valence-corrected chi connectivity index (χ0v) is 12.8. The highest BCUT2D eigenvalue weighted by Gasteiger charge is 2.11. The number of rotatable bonds is 4. The molecule has 4 nitrogen and oxygen atoms in total. The zero-order chi connectivity index (χ0) is 15.6. The maximum Gasteiger partial charge on any atom is 0.269 e. The SMILES string of the molecule is Cc1cc(C)cc(C(C)Nc2ccc([N+](=O)[O-])cc2C)c1. The molecule has 2 aromatic rings. The summed E-state index contributed by atoms with van der Waals surface area (Å²) in [6.07, 6.45) is 0. The Morgan fingerprint density at radius 2 is 1.67 bits per heavy atom. The van der Waals surface area contributed by atoms with Crippen molar-refractivity contribution in [1.29, 1.82) is 0 Å². The van der Waals surface area contributed by atoms with Crippen molar-refractivity contribution in [3.8, 4) is 0 Å². The zero-order valence-electron chi connectivity index (χ0n) is 12.8. The molecule has 0 bridgehead atoms. The van der Waals surface area contributed by atoms with Crippen LogP contribution in [0.2, 0.25) is 0 Å². The third-order valence-electron chi connectivity index (χ3n) is 3.54. The normalized spacial score (nSPS) is 12.0. The second-order valence-electron chi connectivity index (χ2n) is 5.54. The number of aryl methyl sites for hydroxylation is 3. The molecule has 0 fully saturated rings. The summed E-state index contributed by atoms with van der Waals surface area (Å²) in [6, 6.07) is 11.5. The number of nitro benzene ring substituents is 1. The molecule has 21 heavy (non-hydrogen) atoms. The van der Waals surface area contributed by atoms with Crippen LogP contribution in [0.5, 0.6) is 0 Å². The van der Waals surface area contributed by atoms with E-state index in [1.807, 2.05) is 6.92 Å². The van der Waals surface area contributed by atoms with E-state index in [9.17, 15) is 10.1 Å². The van der Waals surface area contributed by atoms with Gasteiger partial charge in [0.25, 0.3) is 5.69 Å². The van der Waals surface area contributed by atoms with Crippen molar-refractivity contribution in [2.45, 2.75) is 33.7 Å². The number of hydrogen-bond acceptors (Lipinski definition) is 3. The number of nitrogens with zero attached hydrogens (tertiary/aromatic N) is 1. The predicted octanol–water partition coefficient (Wildman–Crippen LogP) is 4.69. The molecule has 0 aromatic heterocycles. The molecule has 1 N–H and O–H groups in total. The minimum Gasteiger partial charge on any atom is -0.378 e. The van der Waals surface area contributed by atoms with Crippen molar-refractivity contribution in [3.63, 3.8) is 0 Å². The van der Waals surface area contributed by atoms with Gasteiger partial charge in [0.15, 0.2) is 0 Å². The molecule has 0 saturated carbocycles. The minimum absolute atomic E-state index is 0.122. The summed E-state index contributed by atoms with van der Waals surface area (Å²) in [5, 5.41) is 14.2. The van der Waals surface area contributed by atoms with Crippen molar-refractivity contribution in [2.24, 2.45) is 0 Å². The van der Waals surface area contributed by atoms with E-state index < -0.39 is 0 Å². The highest BCUT2D eigenvalue weighted by atomic mass is 16.6. The van der Waals surface area contributed by atoms with Crippen molar-refractivity contribution < 1.29 is 4.92 Å². The van der Waals surface area contributed by atoms with Crippen LogP contribution < -0.4 is 5.32 Å². The maximum absolute atomic E-state index is 10.8. The molecule has 2 rings (SSSR count). The number of anilines is 1. The summed E-state index contributed by atoms with van der Waals surface area (Å²) < 4.78 is 0. The average Bonchev–Trinajstić information content (AvgIpc) is 2.39. The first kappa shape index (κ1) is 15.0. The fourth-order valence-corrected chi connectivity index (χ4v) is 2.50. The molecule has 1 unspecified atom stereocenters. The van der Waals surface area contributed by atoms with E-state index in [1.54, 1.807) is 12.1 Å². The van der Waals surface area contributed by atoms with Gasteiger partial charge >= 0.3 is 0 Å². The Morgan fingerprint density at radius 1 is 1.05 bits per heavy atom. The van der Waals surface area contributed by atoms with Gasteiger partial charge in [-0.1, -0.05) is 29.3 Å². The molecule has 0 radical (unpaired) electrons. The highest BCUT2D eigenvalue weighted by Crippen LogP contribution is 2.26. The molecule has 0 spiro atoms. The van der Waals surface area contributed by atoms with Crippen molar-refractivity contribution in [2.75, 3.05) is 5.32 Å². The quantitative estimate of drug-likeness (QED) is 0.654. The molecule has 0 saturated heterocycles. The lowest BCUT2D eigenvalue weighted by atomic mass is 10.0. The summed E-state index contributed by atoms with van der Waals surface area (Å²) in [6.45, 7) is 8.14. The van der Waals surface area contributed by atoms with Gasteiger partial charge in [-0.3, -0.25) is 10.1 Å². The Balaban J connectivity index is 2.23. The van der Waals surface area contributed by atoms with E-state index in [1.165, 1.54) is 22.8 Å². The van der Waals surface area contributed by atoms with Crippen LogP contribution >= 0.6 is 0 Å². The van der Waals surface area contributed by atoms with Crippen molar-refractivity contribution in [1.82, 2.24) is 0 Å².